The van der Waals surface area contributed by atoms with Gasteiger partial charge in [-0.15, -0.1) is 0 Å². The molecule has 1 spiro atoms. The van der Waals surface area contributed by atoms with Crippen molar-refractivity contribution in [3.63, 3.8) is 0 Å². The first-order valence-electron chi connectivity index (χ1n) is 14.0. The number of rotatable bonds is 10. The van der Waals surface area contributed by atoms with E-state index in [-0.39, 0.29) is 23.7 Å². The SMILES string of the molecule is Cc1cc2c(cc1OCOCC1CO1)C(C)(C)CC1(CC(C)(C)c3cc(OOCCC4CO4)c(C)cc3O1)O2. The standard InChI is InChI=1S/C31H40O8/c1-19-9-27-23(11-25(19)35-18-32-13-22-15-34-22)29(3,4)16-31(37-27)17-30(5,6)24-12-26(20(2)10-28(24)38-31)39-36-8-7-21-14-33-21/h9-12,21-22H,7-8,13-18H2,1-6H3. The fraction of sp³-hybridized carbons (Fsp3) is 0.613. The summed E-state index contributed by atoms with van der Waals surface area (Å²) in [7, 11) is 0. The minimum Gasteiger partial charge on any atom is -0.467 e. The summed E-state index contributed by atoms with van der Waals surface area (Å²) < 4.78 is 35.5. The predicted octanol–water partition coefficient (Wildman–Crippen LogP) is 5.67. The highest BCUT2D eigenvalue weighted by molar-refractivity contribution is 5.53. The van der Waals surface area contributed by atoms with E-state index in [0.29, 0.717) is 37.9 Å². The molecule has 0 N–H and O–H groups in total. The van der Waals surface area contributed by atoms with Crippen LogP contribution in [0.4, 0.5) is 0 Å². The molecule has 0 aliphatic carbocycles. The Morgan fingerprint density at radius 2 is 1.36 bits per heavy atom. The molecule has 6 rings (SSSR count). The smallest absolute Gasteiger partial charge is 0.252 e. The maximum Gasteiger partial charge on any atom is 0.252 e. The lowest BCUT2D eigenvalue weighted by Crippen LogP contribution is -2.55. The average molecular weight is 541 g/mol. The van der Waals surface area contributed by atoms with Crippen molar-refractivity contribution in [2.24, 2.45) is 0 Å². The molecule has 2 aromatic carbocycles. The van der Waals surface area contributed by atoms with Gasteiger partial charge in [-0.1, -0.05) is 27.7 Å². The second kappa shape index (κ2) is 9.84. The van der Waals surface area contributed by atoms with Gasteiger partial charge < -0.3 is 33.3 Å². The average Bonchev–Trinajstić information content (AvgIpc) is 3.75. The van der Waals surface area contributed by atoms with Crippen LogP contribution < -0.4 is 19.1 Å². The van der Waals surface area contributed by atoms with Crippen LogP contribution in [0.1, 0.15) is 69.2 Å². The van der Waals surface area contributed by atoms with Gasteiger partial charge in [0.15, 0.2) is 12.5 Å². The fourth-order valence-electron chi connectivity index (χ4n) is 5.93. The van der Waals surface area contributed by atoms with E-state index >= 15 is 0 Å². The minimum absolute atomic E-state index is 0.198. The van der Waals surface area contributed by atoms with Crippen LogP contribution in [0, 0.1) is 13.8 Å². The number of hydrogen-bond donors (Lipinski definition) is 0. The lowest BCUT2D eigenvalue weighted by molar-refractivity contribution is -0.208. The van der Waals surface area contributed by atoms with Crippen LogP contribution in [0.25, 0.3) is 0 Å². The summed E-state index contributed by atoms with van der Waals surface area (Å²) in [4.78, 5) is 11.2. The van der Waals surface area contributed by atoms with Gasteiger partial charge in [-0.05, 0) is 49.2 Å². The molecular formula is C31H40O8. The van der Waals surface area contributed by atoms with E-state index < -0.39 is 5.79 Å². The Hall–Kier alpha value is -2.52. The van der Waals surface area contributed by atoms with Crippen LogP contribution in [0.5, 0.6) is 23.0 Å². The molecular weight excluding hydrogens is 500 g/mol. The number of benzene rings is 2. The molecule has 2 aromatic rings. The van der Waals surface area contributed by atoms with Crippen LogP contribution in [0.2, 0.25) is 0 Å². The largest absolute Gasteiger partial charge is 0.467 e. The van der Waals surface area contributed by atoms with E-state index in [1.54, 1.807) is 0 Å². The molecule has 2 saturated heterocycles. The molecule has 8 heteroatoms. The quantitative estimate of drug-likeness (QED) is 0.125. The van der Waals surface area contributed by atoms with Crippen LogP contribution in [0.15, 0.2) is 24.3 Å². The molecule has 3 unspecified atom stereocenters. The first-order valence-corrected chi connectivity index (χ1v) is 14.0. The molecule has 0 aromatic heterocycles. The Morgan fingerprint density at radius 3 is 1.95 bits per heavy atom. The lowest BCUT2D eigenvalue weighted by atomic mass is 9.69. The molecule has 4 heterocycles. The Kier molecular flexibility index (Phi) is 6.73. The summed E-state index contributed by atoms with van der Waals surface area (Å²) in [6.07, 6.45) is 2.78. The topological polar surface area (TPSA) is 80.4 Å². The van der Waals surface area contributed by atoms with Gasteiger partial charge in [0.25, 0.3) is 5.79 Å². The van der Waals surface area contributed by atoms with Gasteiger partial charge >= 0.3 is 0 Å². The molecule has 0 bridgehead atoms. The predicted molar refractivity (Wildman–Crippen MR) is 144 cm³/mol. The Bertz CT molecular complexity index is 1130. The zero-order valence-electron chi connectivity index (χ0n) is 23.9. The van der Waals surface area contributed by atoms with Crippen LogP contribution >= 0.6 is 0 Å². The first-order chi connectivity index (χ1) is 18.5. The number of fused-ring (bicyclic) bond motifs is 2. The Balaban J connectivity index is 1.21. The number of ether oxygens (including phenoxy) is 6. The van der Waals surface area contributed by atoms with Gasteiger partial charge in [-0.25, -0.2) is 0 Å². The van der Waals surface area contributed by atoms with E-state index in [0.717, 1.165) is 59.1 Å². The molecule has 2 fully saturated rings. The Morgan fingerprint density at radius 1 is 0.795 bits per heavy atom. The maximum atomic E-state index is 6.77. The molecule has 4 aliphatic rings. The van der Waals surface area contributed by atoms with Crippen molar-refractivity contribution in [3.05, 3.63) is 46.5 Å². The normalized spacial score (nSPS) is 27.1. The van der Waals surface area contributed by atoms with Gasteiger partial charge in [0.2, 0.25) is 0 Å². The van der Waals surface area contributed by atoms with Crippen molar-refractivity contribution in [1.29, 1.82) is 0 Å². The molecule has 212 valence electrons. The molecule has 4 aliphatic heterocycles. The highest BCUT2D eigenvalue weighted by Crippen LogP contribution is 2.55. The van der Waals surface area contributed by atoms with Crippen molar-refractivity contribution in [2.75, 3.05) is 33.2 Å². The second-order valence-electron chi connectivity index (χ2n) is 12.7. The van der Waals surface area contributed by atoms with Crippen molar-refractivity contribution < 1.29 is 38.2 Å². The monoisotopic (exact) mass is 540 g/mol. The van der Waals surface area contributed by atoms with Gasteiger partial charge in [0.05, 0.1) is 32.5 Å². The maximum absolute atomic E-state index is 6.77. The van der Waals surface area contributed by atoms with Gasteiger partial charge in [-0.3, -0.25) is 0 Å². The molecule has 0 radical (unpaired) electrons. The summed E-state index contributed by atoms with van der Waals surface area (Å²) >= 11 is 0. The summed E-state index contributed by atoms with van der Waals surface area (Å²) in [5.41, 5.74) is 3.73. The van der Waals surface area contributed by atoms with Crippen molar-refractivity contribution in [1.82, 2.24) is 0 Å². The number of epoxide rings is 2. The lowest BCUT2D eigenvalue weighted by Gasteiger charge is -2.51. The van der Waals surface area contributed by atoms with Crippen LogP contribution in [-0.4, -0.2) is 51.2 Å². The van der Waals surface area contributed by atoms with Gasteiger partial charge in [0, 0.05) is 41.2 Å². The van der Waals surface area contributed by atoms with Gasteiger partial charge in [0.1, 0.15) is 23.4 Å². The summed E-state index contributed by atoms with van der Waals surface area (Å²) in [5.74, 6) is 2.40. The van der Waals surface area contributed by atoms with Crippen LogP contribution in [-0.2, 0) is 29.9 Å². The zero-order valence-corrected chi connectivity index (χ0v) is 23.9. The third kappa shape index (κ3) is 5.71. The van der Waals surface area contributed by atoms with E-state index in [2.05, 4.69) is 45.9 Å². The highest BCUT2D eigenvalue weighted by atomic mass is 17.2. The highest BCUT2D eigenvalue weighted by Gasteiger charge is 2.53. The molecule has 0 amide bonds. The first kappa shape index (κ1) is 26.7. The van der Waals surface area contributed by atoms with E-state index in [1.165, 1.54) is 0 Å². The van der Waals surface area contributed by atoms with E-state index in [4.69, 9.17) is 38.2 Å². The van der Waals surface area contributed by atoms with Crippen molar-refractivity contribution >= 4 is 0 Å². The fourth-order valence-corrected chi connectivity index (χ4v) is 5.93. The third-order valence-corrected chi connectivity index (χ3v) is 8.11. The zero-order chi connectivity index (χ0) is 27.4. The molecule has 3 atom stereocenters. The number of aryl methyl sites for hydroxylation is 2. The summed E-state index contributed by atoms with van der Waals surface area (Å²) in [5, 5.41) is 0. The van der Waals surface area contributed by atoms with E-state index in [9.17, 15) is 0 Å². The Labute approximate surface area is 230 Å². The third-order valence-electron chi connectivity index (χ3n) is 8.11. The molecule has 39 heavy (non-hydrogen) atoms. The number of hydrogen-bond acceptors (Lipinski definition) is 8. The second-order valence-corrected chi connectivity index (χ2v) is 12.7. The van der Waals surface area contributed by atoms with Crippen molar-refractivity contribution in [3.8, 4) is 23.0 Å². The minimum atomic E-state index is -0.787. The molecule has 0 saturated carbocycles. The molecule has 8 nitrogen and oxygen atoms in total. The van der Waals surface area contributed by atoms with Crippen LogP contribution in [0.3, 0.4) is 0 Å². The van der Waals surface area contributed by atoms with E-state index in [1.807, 2.05) is 19.9 Å². The van der Waals surface area contributed by atoms with Crippen molar-refractivity contribution in [2.45, 2.75) is 89.6 Å². The van der Waals surface area contributed by atoms with Gasteiger partial charge in [-0.2, -0.15) is 4.89 Å². The summed E-state index contributed by atoms with van der Waals surface area (Å²) in [6.45, 7) is 15.9. The summed E-state index contributed by atoms with van der Waals surface area (Å²) in [6, 6.07) is 8.26.